The van der Waals surface area contributed by atoms with E-state index in [4.69, 9.17) is 4.74 Å². The van der Waals surface area contributed by atoms with Crippen LogP contribution in [0.5, 0.6) is 5.75 Å². The Morgan fingerprint density at radius 1 is 0.973 bits per heavy atom. The van der Waals surface area contributed by atoms with Gasteiger partial charge in [0, 0.05) is 24.1 Å². The highest BCUT2D eigenvalue weighted by Crippen LogP contribution is 2.41. The molecular weight excluding hydrogens is 482 g/mol. The molecule has 0 fully saturated rings. The van der Waals surface area contributed by atoms with E-state index in [1.165, 1.54) is 27.5 Å². The summed E-state index contributed by atoms with van der Waals surface area (Å²) in [7, 11) is 0. The summed E-state index contributed by atoms with van der Waals surface area (Å²) in [6.45, 7) is 6.43. The molecule has 0 saturated carbocycles. The zero-order chi connectivity index (χ0) is 25.3. The summed E-state index contributed by atoms with van der Waals surface area (Å²) in [6, 6.07) is 31.5. The van der Waals surface area contributed by atoms with Crippen LogP contribution < -0.4 is 10.1 Å². The number of rotatable bonds is 7. The van der Waals surface area contributed by atoms with Crippen molar-refractivity contribution in [2.75, 3.05) is 6.54 Å². The number of carboxylic acid groups (broad SMARTS) is 1. The van der Waals surface area contributed by atoms with E-state index in [0.717, 1.165) is 24.3 Å². The van der Waals surface area contributed by atoms with Gasteiger partial charge in [0.1, 0.15) is 11.9 Å². The van der Waals surface area contributed by atoms with Gasteiger partial charge in [-0.2, -0.15) is 0 Å². The SMILES string of the molecule is C[C@@H](NC[C@H]1C[C@H](c2ccc(C(C)(C)C(=O)O)cc2)c2ccccc2O1)c1cccc2ccccc12.Cl. The molecule has 37 heavy (non-hydrogen) atoms. The fraction of sp³-hybridized carbons (Fsp3) is 0.281. The minimum Gasteiger partial charge on any atom is -0.489 e. The van der Waals surface area contributed by atoms with Gasteiger partial charge < -0.3 is 15.2 Å². The third kappa shape index (κ3) is 5.36. The Morgan fingerprint density at radius 3 is 2.41 bits per heavy atom. The molecule has 192 valence electrons. The molecule has 5 rings (SSSR count). The van der Waals surface area contributed by atoms with Crippen LogP contribution >= 0.6 is 12.4 Å². The van der Waals surface area contributed by atoms with Crippen LogP contribution in [0.4, 0.5) is 0 Å². The number of fused-ring (bicyclic) bond motifs is 2. The molecule has 1 aliphatic heterocycles. The molecule has 4 nitrogen and oxygen atoms in total. The summed E-state index contributed by atoms with van der Waals surface area (Å²) < 4.78 is 6.43. The Labute approximate surface area is 225 Å². The number of carbonyl (C=O) groups is 1. The van der Waals surface area contributed by atoms with Crippen molar-refractivity contribution in [2.24, 2.45) is 0 Å². The Hall–Kier alpha value is -3.34. The van der Waals surface area contributed by atoms with Gasteiger partial charge in [-0.3, -0.25) is 4.79 Å². The predicted octanol–water partition coefficient (Wildman–Crippen LogP) is 7.26. The van der Waals surface area contributed by atoms with Crippen LogP contribution in [0, 0.1) is 0 Å². The number of para-hydroxylation sites is 1. The zero-order valence-electron chi connectivity index (χ0n) is 21.5. The third-order valence-electron chi connectivity index (χ3n) is 7.60. The first-order chi connectivity index (χ1) is 17.3. The number of aliphatic carboxylic acids is 1. The number of carboxylic acids is 1. The number of benzene rings is 4. The lowest BCUT2D eigenvalue weighted by Crippen LogP contribution is -2.37. The van der Waals surface area contributed by atoms with Crippen LogP contribution in [0.3, 0.4) is 0 Å². The van der Waals surface area contributed by atoms with Gasteiger partial charge in [0.05, 0.1) is 5.41 Å². The minimum absolute atomic E-state index is 0. The van der Waals surface area contributed by atoms with E-state index in [9.17, 15) is 9.90 Å². The lowest BCUT2D eigenvalue weighted by atomic mass is 9.80. The van der Waals surface area contributed by atoms with Crippen LogP contribution in [0.25, 0.3) is 10.8 Å². The average Bonchev–Trinajstić information content (AvgIpc) is 2.91. The first-order valence-corrected chi connectivity index (χ1v) is 12.6. The molecule has 0 aromatic heterocycles. The molecule has 1 heterocycles. The first kappa shape index (κ1) is 26.7. The van der Waals surface area contributed by atoms with E-state index in [1.54, 1.807) is 13.8 Å². The van der Waals surface area contributed by atoms with Gasteiger partial charge in [0.15, 0.2) is 0 Å². The second-order valence-electron chi connectivity index (χ2n) is 10.3. The molecule has 0 amide bonds. The smallest absolute Gasteiger partial charge is 0.313 e. The van der Waals surface area contributed by atoms with Crippen LogP contribution in [0.1, 0.15) is 61.4 Å². The molecule has 0 radical (unpaired) electrons. The number of hydrogen-bond acceptors (Lipinski definition) is 3. The van der Waals surface area contributed by atoms with Crippen molar-refractivity contribution in [3.63, 3.8) is 0 Å². The monoisotopic (exact) mass is 515 g/mol. The highest BCUT2D eigenvalue weighted by molar-refractivity contribution is 5.86. The van der Waals surface area contributed by atoms with Gasteiger partial charge in [-0.1, -0.05) is 84.9 Å². The van der Waals surface area contributed by atoms with E-state index < -0.39 is 11.4 Å². The number of hydrogen-bond donors (Lipinski definition) is 2. The zero-order valence-corrected chi connectivity index (χ0v) is 22.3. The molecule has 3 atom stereocenters. The summed E-state index contributed by atoms with van der Waals surface area (Å²) in [5.74, 6) is 0.294. The highest BCUT2D eigenvalue weighted by Gasteiger charge is 2.32. The number of nitrogens with one attached hydrogen (secondary N) is 1. The van der Waals surface area contributed by atoms with E-state index in [-0.39, 0.29) is 30.5 Å². The predicted molar refractivity (Wildman–Crippen MR) is 152 cm³/mol. The maximum atomic E-state index is 11.7. The molecule has 1 aliphatic rings. The van der Waals surface area contributed by atoms with E-state index in [0.29, 0.717) is 0 Å². The molecule has 4 aromatic rings. The molecule has 0 spiro atoms. The maximum Gasteiger partial charge on any atom is 0.313 e. The second kappa shape index (κ2) is 11.0. The van der Waals surface area contributed by atoms with Crippen molar-refractivity contribution in [1.82, 2.24) is 5.32 Å². The fourth-order valence-electron chi connectivity index (χ4n) is 5.24. The van der Waals surface area contributed by atoms with Crippen molar-refractivity contribution in [2.45, 2.75) is 50.7 Å². The number of halogens is 1. The van der Waals surface area contributed by atoms with E-state index in [2.05, 4.69) is 79.0 Å². The molecule has 0 aliphatic carbocycles. The normalized spacial score (nSPS) is 17.8. The molecule has 2 N–H and O–H groups in total. The summed E-state index contributed by atoms with van der Waals surface area (Å²) in [5, 5.41) is 15.8. The van der Waals surface area contributed by atoms with Crippen molar-refractivity contribution < 1.29 is 14.6 Å². The lowest BCUT2D eigenvalue weighted by molar-refractivity contribution is -0.142. The van der Waals surface area contributed by atoms with Crippen LogP contribution in [-0.2, 0) is 10.2 Å². The van der Waals surface area contributed by atoms with Crippen molar-refractivity contribution in [3.05, 3.63) is 113 Å². The maximum absolute atomic E-state index is 11.7. The summed E-state index contributed by atoms with van der Waals surface area (Å²) >= 11 is 0. The fourth-order valence-corrected chi connectivity index (χ4v) is 5.24. The molecular formula is C32H34ClNO3. The Morgan fingerprint density at radius 2 is 1.65 bits per heavy atom. The van der Waals surface area contributed by atoms with Gasteiger partial charge in [-0.15, -0.1) is 12.4 Å². The largest absolute Gasteiger partial charge is 0.489 e. The highest BCUT2D eigenvalue weighted by atomic mass is 35.5. The standard InChI is InChI=1S/C32H33NO3.ClH/c1-21(26-13-8-10-22-9-4-5-11-27(22)26)33-20-25-19-29(28-12-6-7-14-30(28)36-25)23-15-17-24(18-16-23)32(2,3)31(34)35;/h4-18,21,25,29,33H,19-20H2,1-3H3,(H,34,35);1H/t21-,25-,29-;/m1./s1. The Balaban J connectivity index is 0.00000320. The van der Waals surface area contributed by atoms with E-state index in [1.807, 2.05) is 24.3 Å². The summed E-state index contributed by atoms with van der Waals surface area (Å²) in [5.41, 5.74) is 3.54. The third-order valence-corrected chi connectivity index (χ3v) is 7.60. The molecule has 0 saturated heterocycles. The number of ether oxygens (including phenoxy) is 1. The van der Waals surface area contributed by atoms with Crippen LogP contribution in [0.15, 0.2) is 91.0 Å². The van der Waals surface area contributed by atoms with E-state index >= 15 is 0 Å². The van der Waals surface area contributed by atoms with Gasteiger partial charge in [0.25, 0.3) is 0 Å². The van der Waals surface area contributed by atoms with Crippen molar-refractivity contribution in [3.8, 4) is 5.75 Å². The van der Waals surface area contributed by atoms with Gasteiger partial charge in [-0.05, 0) is 60.7 Å². The molecule has 0 unspecified atom stereocenters. The molecule has 4 aromatic carbocycles. The summed E-state index contributed by atoms with van der Waals surface area (Å²) in [4.78, 5) is 11.7. The van der Waals surface area contributed by atoms with Crippen LogP contribution in [-0.4, -0.2) is 23.7 Å². The Bertz CT molecular complexity index is 1380. The van der Waals surface area contributed by atoms with Crippen LogP contribution in [0.2, 0.25) is 0 Å². The Kier molecular flexibility index (Phi) is 7.91. The van der Waals surface area contributed by atoms with Crippen molar-refractivity contribution >= 4 is 29.1 Å². The average molecular weight is 516 g/mol. The first-order valence-electron chi connectivity index (χ1n) is 12.6. The van der Waals surface area contributed by atoms with Gasteiger partial charge in [-0.25, -0.2) is 0 Å². The lowest BCUT2D eigenvalue weighted by Gasteiger charge is -2.33. The molecule has 5 heteroatoms. The molecule has 0 bridgehead atoms. The van der Waals surface area contributed by atoms with Gasteiger partial charge >= 0.3 is 5.97 Å². The quantitative estimate of drug-likeness (QED) is 0.272. The minimum atomic E-state index is -0.920. The van der Waals surface area contributed by atoms with Gasteiger partial charge in [0.2, 0.25) is 0 Å². The second-order valence-corrected chi connectivity index (χ2v) is 10.3. The summed E-state index contributed by atoms with van der Waals surface area (Å²) in [6.07, 6.45) is 0.881. The topological polar surface area (TPSA) is 58.6 Å². The van der Waals surface area contributed by atoms with Crippen molar-refractivity contribution in [1.29, 1.82) is 0 Å².